The molecule has 0 atom stereocenters. The molecule has 0 spiro atoms. The number of piperazine rings is 1. The predicted molar refractivity (Wildman–Crippen MR) is 146 cm³/mol. The molecular weight excluding hydrogens is 516 g/mol. The third kappa shape index (κ3) is 6.24. The van der Waals surface area contributed by atoms with Gasteiger partial charge in [-0.15, -0.1) is 0 Å². The van der Waals surface area contributed by atoms with E-state index in [1.807, 2.05) is 25.1 Å². The Bertz CT molecular complexity index is 1590. The van der Waals surface area contributed by atoms with Crippen LogP contribution < -0.4 is 5.32 Å². The van der Waals surface area contributed by atoms with Gasteiger partial charge in [-0.3, -0.25) is 4.79 Å². The topological polar surface area (TPSA) is 134 Å². The molecule has 1 saturated heterocycles. The van der Waals surface area contributed by atoms with Gasteiger partial charge >= 0.3 is 0 Å². The van der Waals surface area contributed by atoms with Gasteiger partial charge in [0.2, 0.25) is 15.9 Å². The van der Waals surface area contributed by atoms with Gasteiger partial charge in [0.05, 0.1) is 4.90 Å². The number of hydrogen-bond acceptors (Lipinski definition) is 9. The highest BCUT2D eigenvalue weighted by Gasteiger charge is 2.29. The molecule has 0 unspecified atom stereocenters. The number of nitrogens with zero attached hydrogens (tertiary/aromatic N) is 7. The van der Waals surface area contributed by atoms with Crippen molar-refractivity contribution in [2.45, 2.75) is 25.2 Å². The SMILES string of the molecule is CC(=O)N1CCN(S(=O)(=O)c2ccc(Cc3nccc(Nc4ccnc(-c5cccc(C)n5)n4)n3)cc2)CC1. The minimum absolute atomic E-state index is 0.0424. The van der Waals surface area contributed by atoms with Crippen molar-refractivity contribution in [3.8, 4) is 11.5 Å². The minimum Gasteiger partial charge on any atom is -0.340 e. The number of pyridine rings is 1. The first-order valence-electron chi connectivity index (χ1n) is 12.5. The maximum atomic E-state index is 13.1. The Balaban J connectivity index is 1.25. The molecule has 1 N–H and O–H groups in total. The average molecular weight is 545 g/mol. The summed E-state index contributed by atoms with van der Waals surface area (Å²) in [5.41, 5.74) is 2.45. The molecular formula is C27H28N8O3S. The summed E-state index contributed by atoms with van der Waals surface area (Å²) in [5, 5.41) is 3.19. The highest BCUT2D eigenvalue weighted by molar-refractivity contribution is 7.89. The summed E-state index contributed by atoms with van der Waals surface area (Å²) in [6.45, 7) is 4.77. The van der Waals surface area contributed by atoms with E-state index in [1.54, 1.807) is 53.7 Å². The second-order valence-corrected chi connectivity index (χ2v) is 11.1. The van der Waals surface area contributed by atoms with Crippen LogP contribution in [0.15, 0.2) is 71.9 Å². The van der Waals surface area contributed by atoms with Crippen LogP contribution in [-0.4, -0.2) is 74.6 Å². The Hall–Kier alpha value is -4.29. The van der Waals surface area contributed by atoms with E-state index in [4.69, 9.17) is 0 Å². The zero-order valence-electron chi connectivity index (χ0n) is 21.6. The number of benzene rings is 1. The molecule has 4 heterocycles. The quantitative estimate of drug-likeness (QED) is 0.373. The van der Waals surface area contributed by atoms with Crippen LogP contribution in [0.2, 0.25) is 0 Å². The molecule has 1 fully saturated rings. The molecule has 0 saturated carbocycles. The number of carbonyl (C=O) groups excluding carboxylic acids is 1. The summed E-state index contributed by atoms with van der Waals surface area (Å²) < 4.78 is 27.5. The summed E-state index contributed by atoms with van der Waals surface area (Å²) in [4.78, 5) is 35.7. The van der Waals surface area contributed by atoms with E-state index < -0.39 is 10.0 Å². The number of nitrogens with one attached hydrogen (secondary N) is 1. The van der Waals surface area contributed by atoms with E-state index in [-0.39, 0.29) is 23.9 Å². The van der Waals surface area contributed by atoms with Gasteiger partial charge in [-0.1, -0.05) is 18.2 Å². The second kappa shape index (κ2) is 11.2. The first kappa shape index (κ1) is 26.3. The Kier molecular flexibility index (Phi) is 7.57. The average Bonchev–Trinajstić information content (AvgIpc) is 2.94. The van der Waals surface area contributed by atoms with Gasteiger partial charge in [-0.25, -0.2) is 33.3 Å². The number of aryl methyl sites for hydroxylation is 1. The lowest BCUT2D eigenvalue weighted by molar-refractivity contribution is -0.129. The van der Waals surface area contributed by atoms with Crippen molar-refractivity contribution in [3.63, 3.8) is 0 Å². The van der Waals surface area contributed by atoms with Crippen molar-refractivity contribution in [1.82, 2.24) is 34.1 Å². The van der Waals surface area contributed by atoms with E-state index in [2.05, 4.69) is 30.2 Å². The summed E-state index contributed by atoms with van der Waals surface area (Å²) in [6, 6.07) is 15.9. The van der Waals surface area contributed by atoms with Crippen LogP contribution in [0.5, 0.6) is 0 Å². The molecule has 5 rings (SSSR count). The lowest BCUT2D eigenvalue weighted by Gasteiger charge is -2.33. The van der Waals surface area contributed by atoms with Crippen molar-refractivity contribution in [1.29, 1.82) is 0 Å². The van der Waals surface area contributed by atoms with Crippen molar-refractivity contribution >= 4 is 27.6 Å². The number of hydrogen-bond donors (Lipinski definition) is 1. The minimum atomic E-state index is -3.63. The lowest BCUT2D eigenvalue weighted by Crippen LogP contribution is -2.49. The van der Waals surface area contributed by atoms with Crippen molar-refractivity contribution in [2.24, 2.45) is 0 Å². The third-order valence-corrected chi connectivity index (χ3v) is 8.25. The molecule has 200 valence electrons. The smallest absolute Gasteiger partial charge is 0.243 e. The molecule has 3 aromatic heterocycles. The fourth-order valence-electron chi connectivity index (χ4n) is 4.26. The monoisotopic (exact) mass is 544 g/mol. The van der Waals surface area contributed by atoms with Gasteiger partial charge in [-0.05, 0) is 48.9 Å². The molecule has 0 bridgehead atoms. The second-order valence-electron chi connectivity index (χ2n) is 9.14. The molecule has 1 amide bonds. The van der Waals surface area contributed by atoms with Crippen LogP contribution in [-0.2, 0) is 21.2 Å². The van der Waals surface area contributed by atoms with Crippen LogP contribution in [0.3, 0.4) is 0 Å². The molecule has 12 heteroatoms. The molecule has 11 nitrogen and oxygen atoms in total. The van der Waals surface area contributed by atoms with Gasteiger partial charge in [0.25, 0.3) is 0 Å². The van der Waals surface area contributed by atoms with Crippen LogP contribution in [0.4, 0.5) is 11.6 Å². The Morgan fingerprint density at radius 2 is 1.56 bits per heavy atom. The van der Waals surface area contributed by atoms with E-state index >= 15 is 0 Å². The van der Waals surface area contributed by atoms with Crippen molar-refractivity contribution < 1.29 is 13.2 Å². The summed E-state index contributed by atoms with van der Waals surface area (Å²) >= 11 is 0. The van der Waals surface area contributed by atoms with E-state index in [9.17, 15) is 13.2 Å². The molecule has 1 aromatic carbocycles. The maximum absolute atomic E-state index is 13.1. The summed E-state index contributed by atoms with van der Waals surface area (Å²) in [6.07, 6.45) is 3.75. The molecule has 0 aliphatic carbocycles. The van der Waals surface area contributed by atoms with Gasteiger partial charge in [-0.2, -0.15) is 4.31 Å². The largest absolute Gasteiger partial charge is 0.340 e. The van der Waals surface area contributed by atoms with Gasteiger partial charge in [0.15, 0.2) is 5.82 Å². The van der Waals surface area contributed by atoms with Gasteiger partial charge in [0.1, 0.15) is 23.2 Å². The first-order chi connectivity index (χ1) is 18.8. The summed E-state index contributed by atoms with van der Waals surface area (Å²) in [5.74, 6) is 2.19. The Morgan fingerprint density at radius 3 is 2.26 bits per heavy atom. The number of rotatable bonds is 7. The van der Waals surface area contributed by atoms with Crippen molar-refractivity contribution in [3.05, 3.63) is 84.1 Å². The molecule has 1 aliphatic heterocycles. The maximum Gasteiger partial charge on any atom is 0.243 e. The number of anilines is 2. The third-order valence-electron chi connectivity index (χ3n) is 6.34. The molecule has 39 heavy (non-hydrogen) atoms. The molecule has 1 aliphatic rings. The number of aromatic nitrogens is 5. The Labute approximate surface area is 227 Å². The van der Waals surface area contributed by atoms with Crippen LogP contribution in [0.25, 0.3) is 11.5 Å². The zero-order valence-corrected chi connectivity index (χ0v) is 22.5. The zero-order chi connectivity index (χ0) is 27.4. The van der Waals surface area contributed by atoms with E-state index in [0.717, 1.165) is 11.3 Å². The van der Waals surface area contributed by atoms with Crippen LogP contribution in [0, 0.1) is 6.92 Å². The van der Waals surface area contributed by atoms with Crippen LogP contribution >= 0.6 is 0 Å². The predicted octanol–water partition coefficient (Wildman–Crippen LogP) is 2.82. The fourth-order valence-corrected chi connectivity index (χ4v) is 5.68. The first-order valence-corrected chi connectivity index (χ1v) is 13.9. The number of sulfonamides is 1. The number of carbonyl (C=O) groups is 1. The molecule has 0 radical (unpaired) electrons. The number of amides is 1. The van der Waals surface area contributed by atoms with Gasteiger partial charge in [0, 0.05) is 57.6 Å². The summed E-state index contributed by atoms with van der Waals surface area (Å²) in [7, 11) is -3.63. The van der Waals surface area contributed by atoms with Crippen LogP contribution in [0.1, 0.15) is 24.0 Å². The van der Waals surface area contributed by atoms with Crippen molar-refractivity contribution in [2.75, 3.05) is 31.5 Å². The standard InChI is InChI=1S/C27H28N8O3S/c1-19-4-3-5-23(30-19)27-29-13-11-25(33-27)31-24-10-12-28-26(32-24)18-21-6-8-22(9-7-21)39(37,38)35-16-14-34(15-17-35)20(2)36/h3-13H,14-18H2,1-2H3,(H,28,29,31,32,33). The lowest BCUT2D eigenvalue weighted by atomic mass is 10.1. The molecule has 4 aromatic rings. The van der Waals surface area contributed by atoms with E-state index in [1.165, 1.54) is 11.2 Å². The highest BCUT2D eigenvalue weighted by atomic mass is 32.2. The highest BCUT2D eigenvalue weighted by Crippen LogP contribution is 2.20. The fraction of sp³-hybridized carbons (Fsp3) is 0.259. The Morgan fingerprint density at radius 1 is 0.872 bits per heavy atom. The van der Waals surface area contributed by atoms with E-state index in [0.29, 0.717) is 48.5 Å². The normalized spacial score (nSPS) is 14.3. The van der Waals surface area contributed by atoms with Gasteiger partial charge < -0.3 is 10.2 Å².